The van der Waals surface area contributed by atoms with Crippen LogP contribution in [-0.4, -0.2) is 21.9 Å². The number of carbonyl (C=O) groups excluding carboxylic acids is 1. The Labute approximate surface area is 107 Å². The third kappa shape index (κ3) is 3.50. The quantitative estimate of drug-likeness (QED) is 0.833. The van der Waals surface area contributed by atoms with Gasteiger partial charge in [0, 0.05) is 18.2 Å². The van der Waals surface area contributed by atoms with E-state index < -0.39 is 0 Å². The van der Waals surface area contributed by atoms with Gasteiger partial charge in [-0.2, -0.15) is 0 Å². The molecule has 1 aliphatic rings. The zero-order chi connectivity index (χ0) is 13.0. The molecular formula is C13H20N4O. The van der Waals surface area contributed by atoms with Crippen LogP contribution in [0.5, 0.6) is 0 Å². The van der Waals surface area contributed by atoms with Crippen LogP contribution in [0.4, 0.5) is 0 Å². The summed E-state index contributed by atoms with van der Waals surface area (Å²) < 4.78 is 0. The van der Waals surface area contributed by atoms with Gasteiger partial charge in [0.05, 0.1) is 24.1 Å². The molecular weight excluding hydrogens is 228 g/mol. The molecule has 1 amide bonds. The zero-order valence-corrected chi connectivity index (χ0v) is 10.7. The molecule has 5 nitrogen and oxygen atoms in total. The zero-order valence-electron chi connectivity index (χ0n) is 10.7. The number of amides is 1. The number of nitrogens with one attached hydrogen (secondary N) is 1. The second-order valence-corrected chi connectivity index (χ2v) is 4.99. The van der Waals surface area contributed by atoms with Crippen LogP contribution in [0.25, 0.3) is 0 Å². The van der Waals surface area contributed by atoms with E-state index in [1.165, 1.54) is 0 Å². The summed E-state index contributed by atoms with van der Waals surface area (Å²) >= 11 is 0. The number of hydrogen-bond donors (Lipinski definition) is 2. The summed E-state index contributed by atoms with van der Waals surface area (Å²) in [5.74, 6) is 0.152. The van der Waals surface area contributed by atoms with Gasteiger partial charge in [0.15, 0.2) is 0 Å². The fourth-order valence-electron chi connectivity index (χ4n) is 2.30. The van der Waals surface area contributed by atoms with Crippen LogP contribution in [-0.2, 0) is 11.3 Å². The van der Waals surface area contributed by atoms with Gasteiger partial charge >= 0.3 is 0 Å². The van der Waals surface area contributed by atoms with Gasteiger partial charge < -0.3 is 11.1 Å². The van der Waals surface area contributed by atoms with Crippen LogP contribution in [0.2, 0.25) is 0 Å². The maximum absolute atomic E-state index is 12.0. The molecule has 0 radical (unpaired) electrons. The first-order chi connectivity index (χ1) is 8.65. The second-order valence-electron chi connectivity index (χ2n) is 4.99. The number of hydrogen-bond acceptors (Lipinski definition) is 4. The van der Waals surface area contributed by atoms with Gasteiger partial charge in [-0.1, -0.05) is 6.42 Å². The minimum absolute atomic E-state index is 0.0622. The predicted octanol–water partition coefficient (Wildman–Crippen LogP) is 0.919. The Morgan fingerprint density at radius 2 is 2.28 bits per heavy atom. The Balaban J connectivity index is 1.82. The molecule has 5 heteroatoms. The first-order valence-electron chi connectivity index (χ1n) is 6.46. The molecule has 0 aliphatic heterocycles. The van der Waals surface area contributed by atoms with Gasteiger partial charge in [-0.05, 0) is 26.2 Å². The van der Waals surface area contributed by atoms with E-state index in [4.69, 9.17) is 5.73 Å². The number of nitrogens with two attached hydrogens (primary N) is 1. The molecule has 1 aromatic heterocycles. The molecule has 2 rings (SSSR count). The Hall–Kier alpha value is -1.49. The molecule has 2 atom stereocenters. The smallest absolute Gasteiger partial charge is 0.223 e. The molecule has 1 saturated carbocycles. The lowest BCUT2D eigenvalue weighted by molar-refractivity contribution is -0.126. The number of rotatable bonds is 3. The third-order valence-corrected chi connectivity index (χ3v) is 3.36. The summed E-state index contributed by atoms with van der Waals surface area (Å²) in [6.07, 6.45) is 7.22. The van der Waals surface area contributed by atoms with Crippen LogP contribution >= 0.6 is 0 Å². The first kappa shape index (κ1) is 13.0. The van der Waals surface area contributed by atoms with E-state index in [0.717, 1.165) is 37.1 Å². The fourth-order valence-corrected chi connectivity index (χ4v) is 2.30. The SMILES string of the molecule is Cc1cnc(CNC(=O)C2CCCC(N)C2)cn1. The van der Waals surface area contributed by atoms with Gasteiger partial charge in [-0.3, -0.25) is 14.8 Å². The predicted molar refractivity (Wildman–Crippen MR) is 68.5 cm³/mol. The van der Waals surface area contributed by atoms with E-state index in [0.29, 0.717) is 6.54 Å². The van der Waals surface area contributed by atoms with Crippen LogP contribution in [0.1, 0.15) is 37.1 Å². The van der Waals surface area contributed by atoms with E-state index in [1.54, 1.807) is 12.4 Å². The number of aryl methyl sites for hydroxylation is 1. The molecule has 0 spiro atoms. The molecule has 3 N–H and O–H groups in total. The molecule has 0 bridgehead atoms. The highest BCUT2D eigenvalue weighted by molar-refractivity contribution is 5.78. The van der Waals surface area contributed by atoms with Crippen molar-refractivity contribution >= 4 is 5.91 Å². The Bertz CT molecular complexity index is 404. The molecule has 1 fully saturated rings. The Kier molecular flexibility index (Phi) is 4.25. The highest BCUT2D eigenvalue weighted by Crippen LogP contribution is 2.23. The Morgan fingerprint density at radius 1 is 1.44 bits per heavy atom. The van der Waals surface area contributed by atoms with E-state index in [-0.39, 0.29) is 17.9 Å². The van der Waals surface area contributed by atoms with Crippen molar-refractivity contribution in [1.29, 1.82) is 0 Å². The summed E-state index contributed by atoms with van der Waals surface area (Å²) in [6.45, 7) is 2.33. The van der Waals surface area contributed by atoms with Crippen LogP contribution in [0.3, 0.4) is 0 Å². The number of aromatic nitrogens is 2. The minimum atomic E-state index is 0.0622. The molecule has 1 heterocycles. The fraction of sp³-hybridized carbons (Fsp3) is 0.615. The van der Waals surface area contributed by atoms with Crippen LogP contribution in [0, 0.1) is 12.8 Å². The van der Waals surface area contributed by atoms with Crippen LogP contribution in [0.15, 0.2) is 12.4 Å². The van der Waals surface area contributed by atoms with Crippen molar-refractivity contribution in [2.45, 2.75) is 45.2 Å². The summed E-state index contributed by atoms with van der Waals surface area (Å²) in [4.78, 5) is 20.3. The molecule has 0 saturated heterocycles. The standard InChI is InChI=1S/C13H20N4O/c1-9-6-16-12(7-15-9)8-17-13(18)10-3-2-4-11(14)5-10/h6-7,10-11H,2-5,8,14H2,1H3,(H,17,18). The minimum Gasteiger partial charge on any atom is -0.350 e. The monoisotopic (exact) mass is 248 g/mol. The highest BCUT2D eigenvalue weighted by Gasteiger charge is 2.24. The molecule has 1 aromatic rings. The Morgan fingerprint density at radius 3 is 2.94 bits per heavy atom. The summed E-state index contributed by atoms with van der Waals surface area (Å²) in [5, 5.41) is 2.91. The average molecular weight is 248 g/mol. The van der Waals surface area contributed by atoms with Crippen molar-refractivity contribution in [1.82, 2.24) is 15.3 Å². The summed E-state index contributed by atoms with van der Waals surface area (Å²) in [7, 11) is 0. The largest absolute Gasteiger partial charge is 0.350 e. The molecule has 1 aliphatic carbocycles. The first-order valence-corrected chi connectivity index (χ1v) is 6.46. The summed E-state index contributed by atoms with van der Waals surface area (Å²) in [5.41, 5.74) is 7.55. The van der Waals surface area contributed by atoms with Crippen molar-refractivity contribution in [2.75, 3.05) is 0 Å². The van der Waals surface area contributed by atoms with E-state index in [1.807, 2.05) is 6.92 Å². The van der Waals surface area contributed by atoms with E-state index >= 15 is 0 Å². The van der Waals surface area contributed by atoms with Crippen molar-refractivity contribution < 1.29 is 4.79 Å². The molecule has 2 unspecified atom stereocenters. The van der Waals surface area contributed by atoms with Gasteiger partial charge in [-0.25, -0.2) is 0 Å². The lowest BCUT2D eigenvalue weighted by Gasteiger charge is -2.25. The molecule has 0 aromatic carbocycles. The van der Waals surface area contributed by atoms with Crippen LogP contribution < -0.4 is 11.1 Å². The van der Waals surface area contributed by atoms with Gasteiger partial charge in [0.2, 0.25) is 5.91 Å². The van der Waals surface area contributed by atoms with Gasteiger partial charge in [-0.15, -0.1) is 0 Å². The van der Waals surface area contributed by atoms with Crippen molar-refractivity contribution in [2.24, 2.45) is 11.7 Å². The van der Waals surface area contributed by atoms with Gasteiger partial charge in [0.25, 0.3) is 0 Å². The second kappa shape index (κ2) is 5.91. The summed E-state index contributed by atoms with van der Waals surface area (Å²) in [6, 6.07) is 0.175. The average Bonchev–Trinajstić information content (AvgIpc) is 2.38. The van der Waals surface area contributed by atoms with Gasteiger partial charge in [0.1, 0.15) is 0 Å². The lowest BCUT2D eigenvalue weighted by Crippen LogP contribution is -2.37. The third-order valence-electron chi connectivity index (χ3n) is 3.36. The van der Waals surface area contributed by atoms with Crippen molar-refractivity contribution in [3.63, 3.8) is 0 Å². The lowest BCUT2D eigenvalue weighted by atomic mass is 9.85. The van der Waals surface area contributed by atoms with E-state index in [2.05, 4.69) is 15.3 Å². The number of nitrogens with zero attached hydrogens (tertiary/aromatic N) is 2. The molecule has 98 valence electrons. The van der Waals surface area contributed by atoms with E-state index in [9.17, 15) is 4.79 Å². The molecule has 18 heavy (non-hydrogen) atoms. The van der Waals surface area contributed by atoms with Crippen molar-refractivity contribution in [3.8, 4) is 0 Å². The normalized spacial score (nSPS) is 23.7. The number of carbonyl (C=O) groups is 1. The maximum atomic E-state index is 12.0. The van der Waals surface area contributed by atoms with Crippen molar-refractivity contribution in [3.05, 3.63) is 23.8 Å². The highest BCUT2D eigenvalue weighted by atomic mass is 16.1. The topological polar surface area (TPSA) is 80.9 Å². The maximum Gasteiger partial charge on any atom is 0.223 e.